The molecule has 1 aliphatic heterocycles. The van der Waals surface area contributed by atoms with Crippen molar-refractivity contribution in [3.63, 3.8) is 0 Å². The molecule has 0 unspecified atom stereocenters. The maximum absolute atomic E-state index is 12.4. The lowest BCUT2D eigenvalue weighted by atomic mass is 10.1. The highest BCUT2D eigenvalue weighted by atomic mass is 32.1. The fourth-order valence-electron chi connectivity index (χ4n) is 3.69. The first-order valence-corrected chi connectivity index (χ1v) is 10.6. The maximum Gasteiger partial charge on any atom is 0.275 e. The van der Waals surface area contributed by atoms with Crippen LogP contribution in [0.3, 0.4) is 0 Å². The molecule has 0 aliphatic carbocycles. The molecule has 0 bridgehead atoms. The van der Waals surface area contributed by atoms with Crippen LogP contribution >= 0.6 is 11.3 Å². The molecule has 1 aliphatic rings. The van der Waals surface area contributed by atoms with Crippen LogP contribution in [0.4, 0.5) is 0 Å². The molecule has 5 rings (SSSR count). The first kappa shape index (κ1) is 18.2. The molecule has 3 aromatic heterocycles. The van der Waals surface area contributed by atoms with Crippen molar-refractivity contribution in [3.05, 3.63) is 57.0 Å². The molecule has 1 aromatic carbocycles. The van der Waals surface area contributed by atoms with E-state index in [4.69, 9.17) is 0 Å². The number of H-pyrrole nitrogens is 2. The minimum Gasteiger partial charge on any atom is -0.338 e. The molecule has 148 valence electrons. The van der Waals surface area contributed by atoms with Crippen molar-refractivity contribution >= 4 is 22.4 Å². The van der Waals surface area contributed by atoms with E-state index in [-0.39, 0.29) is 5.56 Å². The van der Waals surface area contributed by atoms with Gasteiger partial charge in [0.05, 0.1) is 22.3 Å². The van der Waals surface area contributed by atoms with Crippen LogP contribution in [0.15, 0.2) is 45.9 Å². The zero-order valence-electron chi connectivity index (χ0n) is 16.2. The van der Waals surface area contributed by atoms with Crippen molar-refractivity contribution in [2.24, 2.45) is 0 Å². The van der Waals surface area contributed by atoms with E-state index < -0.39 is 0 Å². The second-order valence-corrected chi connectivity index (χ2v) is 8.30. The number of thiophene rings is 1. The zero-order chi connectivity index (χ0) is 19.8. The summed E-state index contributed by atoms with van der Waals surface area (Å²) in [6.45, 7) is 5.30. The van der Waals surface area contributed by atoms with Crippen molar-refractivity contribution in [2.45, 2.75) is 6.54 Å². The number of imidazole rings is 1. The van der Waals surface area contributed by atoms with Crippen molar-refractivity contribution in [2.75, 3.05) is 33.2 Å². The zero-order valence-corrected chi connectivity index (χ0v) is 17.0. The molecule has 0 radical (unpaired) electrons. The van der Waals surface area contributed by atoms with E-state index in [2.05, 4.69) is 49.1 Å². The van der Waals surface area contributed by atoms with Gasteiger partial charge in [-0.3, -0.25) is 9.69 Å². The molecule has 0 spiro atoms. The largest absolute Gasteiger partial charge is 0.338 e. The molecule has 0 saturated carbocycles. The summed E-state index contributed by atoms with van der Waals surface area (Å²) in [6.07, 6.45) is 0. The number of hydrogen-bond acceptors (Lipinski definition) is 6. The van der Waals surface area contributed by atoms with Crippen molar-refractivity contribution in [1.82, 2.24) is 30.0 Å². The normalized spacial score (nSPS) is 15.9. The van der Waals surface area contributed by atoms with E-state index >= 15 is 0 Å². The van der Waals surface area contributed by atoms with E-state index in [1.165, 1.54) is 5.56 Å². The van der Waals surface area contributed by atoms with Gasteiger partial charge in [-0.2, -0.15) is 16.4 Å². The number of fused-ring (bicyclic) bond motifs is 1. The quantitative estimate of drug-likeness (QED) is 0.545. The van der Waals surface area contributed by atoms with E-state index in [1.807, 2.05) is 22.9 Å². The van der Waals surface area contributed by atoms with Crippen LogP contribution in [0.2, 0.25) is 0 Å². The third kappa shape index (κ3) is 3.74. The van der Waals surface area contributed by atoms with Crippen molar-refractivity contribution in [3.8, 4) is 22.6 Å². The standard InChI is InChI=1S/C21H22N6OS/c1-26-5-7-27(8-6-26)12-14-2-3-17-19(10-14)23-20(22-17)16-11-18(24-25-21(16)28)15-4-9-29-13-15/h2-4,9-11,13H,5-8,12H2,1H3,(H,22,23)(H,25,28). The van der Waals surface area contributed by atoms with E-state index in [0.29, 0.717) is 11.4 Å². The second kappa shape index (κ2) is 7.55. The minimum atomic E-state index is -0.249. The summed E-state index contributed by atoms with van der Waals surface area (Å²) in [6, 6.07) is 10.1. The first-order valence-electron chi connectivity index (χ1n) is 9.68. The Balaban J connectivity index is 1.44. The molecule has 4 heterocycles. The Bertz CT molecular complexity index is 1190. The molecule has 4 aromatic rings. The van der Waals surface area contributed by atoms with Crippen LogP contribution in [0.5, 0.6) is 0 Å². The molecule has 8 heteroatoms. The molecular weight excluding hydrogens is 384 g/mol. The van der Waals surface area contributed by atoms with Gasteiger partial charge in [-0.15, -0.1) is 0 Å². The van der Waals surface area contributed by atoms with Gasteiger partial charge in [0.1, 0.15) is 5.82 Å². The van der Waals surface area contributed by atoms with Crippen LogP contribution in [-0.2, 0) is 6.54 Å². The summed E-state index contributed by atoms with van der Waals surface area (Å²) >= 11 is 1.60. The number of likely N-dealkylation sites (N-methyl/N-ethyl adjacent to an activating group) is 1. The average Bonchev–Trinajstić information content (AvgIpc) is 3.40. The highest BCUT2D eigenvalue weighted by molar-refractivity contribution is 7.08. The highest BCUT2D eigenvalue weighted by Gasteiger charge is 2.15. The van der Waals surface area contributed by atoms with Crippen LogP contribution in [0, 0.1) is 0 Å². The monoisotopic (exact) mass is 406 g/mol. The lowest BCUT2D eigenvalue weighted by molar-refractivity contribution is 0.148. The van der Waals surface area contributed by atoms with E-state index in [9.17, 15) is 4.79 Å². The van der Waals surface area contributed by atoms with E-state index in [1.54, 1.807) is 17.4 Å². The fourth-order valence-corrected chi connectivity index (χ4v) is 4.34. The van der Waals surface area contributed by atoms with Crippen LogP contribution in [0.25, 0.3) is 33.7 Å². The smallest absolute Gasteiger partial charge is 0.275 e. The summed E-state index contributed by atoms with van der Waals surface area (Å²) in [5, 5.41) is 10.8. The Morgan fingerprint density at radius 2 is 2.00 bits per heavy atom. The number of hydrogen-bond donors (Lipinski definition) is 2. The highest BCUT2D eigenvalue weighted by Crippen LogP contribution is 2.24. The van der Waals surface area contributed by atoms with Gasteiger partial charge in [0.2, 0.25) is 0 Å². The summed E-state index contributed by atoms with van der Waals surface area (Å²) in [5.41, 5.74) is 5.02. The van der Waals surface area contributed by atoms with Gasteiger partial charge in [0.25, 0.3) is 5.56 Å². The van der Waals surface area contributed by atoms with Gasteiger partial charge in [-0.25, -0.2) is 10.1 Å². The lowest BCUT2D eigenvalue weighted by Gasteiger charge is -2.32. The lowest BCUT2D eigenvalue weighted by Crippen LogP contribution is -2.43. The number of nitrogens with zero attached hydrogens (tertiary/aromatic N) is 4. The second-order valence-electron chi connectivity index (χ2n) is 7.52. The number of aromatic amines is 2. The molecular formula is C21H22N6OS. The third-order valence-electron chi connectivity index (χ3n) is 5.42. The number of aromatic nitrogens is 4. The van der Waals surface area contributed by atoms with Crippen LogP contribution in [0.1, 0.15) is 5.56 Å². The SMILES string of the molecule is CN1CCN(Cc2ccc3nc(-c4cc(-c5ccsc5)n[nH]c4=O)[nH]c3c2)CC1. The molecule has 1 saturated heterocycles. The van der Waals surface area contributed by atoms with Gasteiger partial charge in [0, 0.05) is 43.7 Å². The Hall–Kier alpha value is -2.81. The first-order chi connectivity index (χ1) is 14.2. The van der Waals surface area contributed by atoms with Crippen LogP contribution in [-0.4, -0.2) is 63.2 Å². The number of piperazine rings is 1. The summed E-state index contributed by atoms with van der Waals surface area (Å²) < 4.78 is 0. The molecule has 2 N–H and O–H groups in total. The van der Waals surface area contributed by atoms with Crippen molar-refractivity contribution < 1.29 is 0 Å². The van der Waals surface area contributed by atoms with Crippen molar-refractivity contribution in [1.29, 1.82) is 0 Å². The topological polar surface area (TPSA) is 80.9 Å². The molecule has 1 fully saturated rings. The maximum atomic E-state index is 12.4. The van der Waals surface area contributed by atoms with Gasteiger partial charge in [0.15, 0.2) is 0 Å². The predicted molar refractivity (Wildman–Crippen MR) is 116 cm³/mol. The van der Waals surface area contributed by atoms with Gasteiger partial charge < -0.3 is 9.88 Å². The molecule has 29 heavy (non-hydrogen) atoms. The van der Waals surface area contributed by atoms with Gasteiger partial charge >= 0.3 is 0 Å². The molecule has 0 atom stereocenters. The summed E-state index contributed by atoms with van der Waals surface area (Å²) in [7, 11) is 2.17. The third-order valence-corrected chi connectivity index (χ3v) is 6.11. The van der Waals surface area contributed by atoms with Crippen LogP contribution < -0.4 is 5.56 Å². The Morgan fingerprint density at radius 1 is 1.14 bits per heavy atom. The Morgan fingerprint density at radius 3 is 2.79 bits per heavy atom. The molecule has 7 nitrogen and oxygen atoms in total. The summed E-state index contributed by atoms with van der Waals surface area (Å²) in [4.78, 5) is 25.2. The van der Waals surface area contributed by atoms with Gasteiger partial charge in [-0.1, -0.05) is 6.07 Å². The fraction of sp³-hybridized carbons (Fsp3) is 0.286. The van der Waals surface area contributed by atoms with E-state index in [0.717, 1.165) is 55.0 Å². The Kier molecular flexibility index (Phi) is 4.75. The number of rotatable bonds is 4. The van der Waals surface area contributed by atoms with Gasteiger partial charge in [-0.05, 0) is 42.3 Å². The molecule has 0 amide bonds. The average molecular weight is 407 g/mol. The minimum absolute atomic E-state index is 0.249. The Labute approximate surface area is 172 Å². The predicted octanol–water partition coefficient (Wildman–Crippen LogP) is 2.79. The number of benzene rings is 1. The number of nitrogens with one attached hydrogen (secondary N) is 2. The summed E-state index contributed by atoms with van der Waals surface area (Å²) in [5.74, 6) is 0.567.